The van der Waals surface area contributed by atoms with E-state index in [1.165, 1.54) is 0 Å². The largest absolute Gasteiger partial charge is 0.497 e. The predicted octanol–water partition coefficient (Wildman–Crippen LogP) is 4.02. The number of anilines is 2. The van der Waals surface area contributed by atoms with Crippen LogP contribution in [0.15, 0.2) is 36.4 Å². The highest BCUT2D eigenvalue weighted by molar-refractivity contribution is 6.31. The lowest BCUT2D eigenvalue weighted by Gasteiger charge is -2.36. The Morgan fingerprint density at radius 3 is 2.41 bits per heavy atom. The van der Waals surface area contributed by atoms with Gasteiger partial charge in [0.2, 0.25) is 0 Å². The normalized spacial score (nSPS) is 14.1. The lowest BCUT2D eigenvalue weighted by molar-refractivity contribution is 0.208. The van der Waals surface area contributed by atoms with Crippen LogP contribution in [-0.2, 0) is 0 Å². The molecule has 6 nitrogen and oxygen atoms in total. The highest BCUT2D eigenvalue weighted by atomic mass is 35.5. The van der Waals surface area contributed by atoms with Gasteiger partial charge < -0.3 is 24.6 Å². The molecule has 1 aliphatic rings. The van der Waals surface area contributed by atoms with Gasteiger partial charge in [-0.05, 0) is 36.8 Å². The molecule has 144 valence electrons. The molecule has 1 aliphatic heterocycles. The van der Waals surface area contributed by atoms with E-state index in [9.17, 15) is 4.79 Å². The third-order valence-electron chi connectivity index (χ3n) is 4.74. The topological polar surface area (TPSA) is 54.0 Å². The van der Waals surface area contributed by atoms with Gasteiger partial charge in [0.05, 0.1) is 19.9 Å². The number of aryl methyl sites for hydroxylation is 1. The van der Waals surface area contributed by atoms with Crippen molar-refractivity contribution < 1.29 is 14.3 Å². The molecule has 0 aromatic heterocycles. The van der Waals surface area contributed by atoms with Crippen LogP contribution in [0, 0.1) is 6.92 Å². The van der Waals surface area contributed by atoms with Crippen LogP contribution in [-0.4, -0.2) is 51.3 Å². The van der Waals surface area contributed by atoms with Crippen LogP contribution < -0.4 is 19.7 Å². The standard InChI is InChI=1S/C20H24ClN3O3/c1-14-4-5-15(12-17(14)21)23-8-10-24(11-9-23)20(25)22-18-7-6-16(26-2)13-19(18)27-3/h4-7,12-13H,8-11H2,1-3H3,(H,22,25). The van der Waals surface area contributed by atoms with Crippen LogP contribution in [0.4, 0.5) is 16.2 Å². The fraction of sp³-hybridized carbons (Fsp3) is 0.350. The Kier molecular flexibility index (Phi) is 5.96. The fourth-order valence-corrected chi connectivity index (χ4v) is 3.22. The van der Waals surface area contributed by atoms with Crippen LogP contribution in [0.1, 0.15) is 5.56 Å². The van der Waals surface area contributed by atoms with E-state index in [-0.39, 0.29) is 6.03 Å². The summed E-state index contributed by atoms with van der Waals surface area (Å²) in [6.07, 6.45) is 0. The van der Waals surface area contributed by atoms with Crippen LogP contribution in [0.3, 0.4) is 0 Å². The summed E-state index contributed by atoms with van der Waals surface area (Å²) in [5.74, 6) is 1.24. The Morgan fingerprint density at radius 1 is 1.04 bits per heavy atom. The van der Waals surface area contributed by atoms with Crippen LogP contribution in [0.5, 0.6) is 11.5 Å². The Morgan fingerprint density at radius 2 is 1.78 bits per heavy atom. The van der Waals surface area contributed by atoms with Crippen LogP contribution in [0.2, 0.25) is 5.02 Å². The summed E-state index contributed by atoms with van der Waals surface area (Å²) in [7, 11) is 3.16. The molecule has 0 spiro atoms. The zero-order valence-corrected chi connectivity index (χ0v) is 16.5. The van der Waals surface area contributed by atoms with Crippen molar-refractivity contribution in [1.29, 1.82) is 0 Å². The van der Waals surface area contributed by atoms with E-state index in [2.05, 4.69) is 16.3 Å². The number of hydrogen-bond donors (Lipinski definition) is 1. The van der Waals surface area contributed by atoms with Crippen molar-refractivity contribution in [2.24, 2.45) is 0 Å². The molecular weight excluding hydrogens is 366 g/mol. The smallest absolute Gasteiger partial charge is 0.322 e. The molecule has 3 rings (SSSR count). The number of benzene rings is 2. The molecule has 1 N–H and O–H groups in total. The number of nitrogens with one attached hydrogen (secondary N) is 1. The minimum atomic E-state index is -0.139. The minimum Gasteiger partial charge on any atom is -0.497 e. The second kappa shape index (κ2) is 8.39. The summed E-state index contributed by atoms with van der Waals surface area (Å²) in [6, 6.07) is 11.2. The van der Waals surface area contributed by atoms with Gasteiger partial charge in [0, 0.05) is 43.0 Å². The van der Waals surface area contributed by atoms with Crippen molar-refractivity contribution in [3.05, 3.63) is 47.0 Å². The van der Waals surface area contributed by atoms with Gasteiger partial charge in [-0.3, -0.25) is 0 Å². The van der Waals surface area contributed by atoms with Crippen LogP contribution >= 0.6 is 11.6 Å². The van der Waals surface area contributed by atoms with Gasteiger partial charge in [-0.15, -0.1) is 0 Å². The monoisotopic (exact) mass is 389 g/mol. The van der Waals surface area contributed by atoms with Crippen molar-refractivity contribution in [3.63, 3.8) is 0 Å². The number of halogens is 1. The molecule has 0 radical (unpaired) electrons. The van der Waals surface area contributed by atoms with Gasteiger partial charge in [-0.2, -0.15) is 0 Å². The molecule has 1 saturated heterocycles. The fourth-order valence-electron chi connectivity index (χ4n) is 3.04. The second-order valence-corrected chi connectivity index (χ2v) is 6.81. The van der Waals surface area contributed by atoms with E-state index in [4.69, 9.17) is 21.1 Å². The maximum atomic E-state index is 12.6. The van der Waals surface area contributed by atoms with E-state index < -0.39 is 0 Å². The highest BCUT2D eigenvalue weighted by Gasteiger charge is 2.22. The van der Waals surface area contributed by atoms with E-state index in [1.807, 2.05) is 19.1 Å². The van der Waals surface area contributed by atoms with E-state index in [0.717, 1.165) is 29.4 Å². The van der Waals surface area contributed by atoms with E-state index in [1.54, 1.807) is 37.3 Å². The maximum Gasteiger partial charge on any atom is 0.322 e. The quantitative estimate of drug-likeness (QED) is 0.858. The van der Waals surface area contributed by atoms with Gasteiger partial charge in [-0.25, -0.2) is 4.79 Å². The summed E-state index contributed by atoms with van der Waals surface area (Å²) in [5.41, 5.74) is 2.77. The molecule has 0 aliphatic carbocycles. The number of rotatable bonds is 4. The Labute approximate surface area is 164 Å². The minimum absolute atomic E-state index is 0.139. The third-order valence-corrected chi connectivity index (χ3v) is 5.14. The molecular formula is C20H24ClN3O3. The van der Waals surface area contributed by atoms with Gasteiger partial charge in [0.1, 0.15) is 11.5 Å². The Hall–Kier alpha value is -2.60. The second-order valence-electron chi connectivity index (χ2n) is 6.40. The number of carbonyl (C=O) groups is 1. The number of ether oxygens (including phenoxy) is 2. The average Bonchev–Trinajstić information content (AvgIpc) is 2.70. The molecule has 1 fully saturated rings. The van der Waals surface area contributed by atoms with Crippen molar-refractivity contribution in [2.45, 2.75) is 6.92 Å². The van der Waals surface area contributed by atoms with Crippen molar-refractivity contribution >= 4 is 29.0 Å². The molecule has 27 heavy (non-hydrogen) atoms. The lowest BCUT2D eigenvalue weighted by atomic mass is 10.2. The van der Waals surface area contributed by atoms with Gasteiger partial charge in [0.25, 0.3) is 0 Å². The molecule has 0 bridgehead atoms. The van der Waals surface area contributed by atoms with Crippen molar-refractivity contribution in [3.8, 4) is 11.5 Å². The molecule has 0 atom stereocenters. The summed E-state index contributed by atoms with van der Waals surface area (Å²) < 4.78 is 10.5. The first-order valence-corrected chi connectivity index (χ1v) is 9.18. The van der Waals surface area contributed by atoms with Gasteiger partial charge in [-0.1, -0.05) is 17.7 Å². The summed E-state index contributed by atoms with van der Waals surface area (Å²) in [4.78, 5) is 16.7. The molecule has 1 heterocycles. The average molecular weight is 390 g/mol. The molecule has 2 aromatic carbocycles. The lowest BCUT2D eigenvalue weighted by Crippen LogP contribution is -2.50. The molecule has 7 heteroatoms. The highest BCUT2D eigenvalue weighted by Crippen LogP contribution is 2.29. The van der Waals surface area contributed by atoms with E-state index in [0.29, 0.717) is 30.3 Å². The number of hydrogen-bond acceptors (Lipinski definition) is 4. The molecule has 2 amide bonds. The summed E-state index contributed by atoms with van der Waals surface area (Å²) in [6.45, 7) is 4.77. The maximum absolute atomic E-state index is 12.6. The molecule has 0 saturated carbocycles. The van der Waals surface area contributed by atoms with Crippen LogP contribution in [0.25, 0.3) is 0 Å². The summed E-state index contributed by atoms with van der Waals surface area (Å²) >= 11 is 6.23. The first kappa shape index (κ1) is 19.2. The number of methoxy groups -OCH3 is 2. The Balaban J connectivity index is 1.61. The van der Waals surface area contributed by atoms with E-state index >= 15 is 0 Å². The number of amides is 2. The van der Waals surface area contributed by atoms with Gasteiger partial charge in [0.15, 0.2) is 0 Å². The van der Waals surface area contributed by atoms with Gasteiger partial charge >= 0.3 is 6.03 Å². The third kappa shape index (κ3) is 4.39. The number of piperazine rings is 1. The predicted molar refractivity (Wildman–Crippen MR) is 109 cm³/mol. The zero-order chi connectivity index (χ0) is 19.4. The first-order valence-electron chi connectivity index (χ1n) is 8.81. The molecule has 0 unspecified atom stereocenters. The Bertz CT molecular complexity index is 820. The van der Waals surface area contributed by atoms with Crippen molar-refractivity contribution in [1.82, 2.24) is 4.90 Å². The zero-order valence-electron chi connectivity index (χ0n) is 15.8. The number of nitrogens with zero attached hydrogens (tertiary/aromatic N) is 2. The summed E-state index contributed by atoms with van der Waals surface area (Å²) in [5, 5.41) is 3.68. The first-order chi connectivity index (χ1) is 13.0. The number of carbonyl (C=O) groups excluding carboxylic acids is 1. The molecule has 2 aromatic rings. The SMILES string of the molecule is COc1ccc(NC(=O)N2CCN(c3ccc(C)c(Cl)c3)CC2)c(OC)c1. The number of urea groups is 1. The van der Waals surface area contributed by atoms with Crippen molar-refractivity contribution in [2.75, 3.05) is 50.6 Å².